The molecule has 0 aliphatic rings. The van der Waals surface area contributed by atoms with Crippen molar-refractivity contribution < 1.29 is 18.7 Å². The average molecular weight is 374 g/mol. The molecule has 1 amide bonds. The molecule has 0 saturated heterocycles. The van der Waals surface area contributed by atoms with Gasteiger partial charge < -0.3 is 13.9 Å². The van der Waals surface area contributed by atoms with Crippen molar-refractivity contribution in [1.29, 1.82) is 0 Å². The zero-order valence-corrected chi connectivity index (χ0v) is 15.4. The zero-order valence-electron chi connectivity index (χ0n) is 15.4. The topological polar surface area (TPSA) is 73.6 Å². The van der Waals surface area contributed by atoms with E-state index in [1.165, 1.54) is 0 Å². The number of anilines is 1. The third-order valence-corrected chi connectivity index (χ3v) is 4.36. The lowest BCUT2D eigenvalue weighted by molar-refractivity contribution is 0.102. The smallest absolute Gasteiger partial charge is 0.302 e. The molecule has 0 bridgehead atoms. The van der Waals surface area contributed by atoms with Crippen molar-refractivity contribution in [3.8, 4) is 22.6 Å². The van der Waals surface area contributed by atoms with Crippen LogP contribution >= 0.6 is 0 Å². The summed E-state index contributed by atoms with van der Waals surface area (Å²) in [5.74, 6) is 1.05. The highest BCUT2D eigenvalue weighted by Gasteiger charge is 2.13. The molecule has 28 heavy (non-hydrogen) atoms. The summed E-state index contributed by atoms with van der Waals surface area (Å²) in [5.41, 5.74) is 3.58. The number of carbonyl (C=O) groups is 1. The summed E-state index contributed by atoms with van der Waals surface area (Å²) in [4.78, 5) is 16.8. The largest absolute Gasteiger partial charge is 0.497 e. The number of ether oxygens (including phenoxy) is 2. The molecule has 0 fully saturated rings. The Kier molecular flexibility index (Phi) is 4.68. The Hall–Kier alpha value is -3.80. The van der Waals surface area contributed by atoms with Gasteiger partial charge in [-0.25, -0.2) is 0 Å². The fraction of sp³-hybridized carbons (Fsp3) is 0.0909. The van der Waals surface area contributed by atoms with E-state index in [4.69, 9.17) is 13.9 Å². The van der Waals surface area contributed by atoms with E-state index in [0.717, 1.165) is 16.9 Å². The van der Waals surface area contributed by atoms with Crippen molar-refractivity contribution in [3.63, 3.8) is 0 Å². The molecule has 0 spiro atoms. The summed E-state index contributed by atoms with van der Waals surface area (Å²) in [5, 5.41) is 2.68. The van der Waals surface area contributed by atoms with E-state index >= 15 is 0 Å². The van der Waals surface area contributed by atoms with Crippen LogP contribution in [0.3, 0.4) is 0 Å². The highest BCUT2D eigenvalue weighted by molar-refractivity contribution is 6.03. The molecule has 6 nitrogen and oxygen atoms in total. The molecule has 0 atom stereocenters. The van der Waals surface area contributed by atoms with Crippen LogP contribution in [0.15, 0.2) is 71.1 Å². The first-order valence-corrected chi connectivity index (χ1v) is 8.67. The van der Waals surface area contributed by atoms with Gasteiger partial charge in [0.25, 0.3) is 5.91 Å². The molecule has 6 heteroatoms. The molecule has 0 aliphatic carbocycles. The van der Waals surface area contributed by atoms with Gasteiger partial charge in [-0.05, 0) is 42.0 Å². The van der Waals surface area contributed by atoms with Gasteiger partial charge in [-0.1, -0.05) is 30.3 Å². The maximum absolute atomic E-state index is 12.4. The van der Waals surface area contributed by atoms with Crippen molar-refractivity contribution in [3.05, 3.63) is 72.3 Å². The van der Waals surface area contributed by atoms with Crippen LogP contribution in [0.25, 0.3) is 22.2 Å². The molecule has 1 N–H and O–H groups in total. The molecule has 0 aliphatic heterocycles. The normalized spacial score (nSPS) is 10.6. The van der Waals surface area contributed by atoms with Gasteiger partial charge >= 0.3 is 6.01 Å². The molecule has 0 saturated carbocycles. The predicted octanol–water partition coefficient (Wildman–Crippen LogP) is 4.76. The minimum atomic E-state index is -0.324. The van der Waals surface area contributed by atoms with E-state index in [2.05, 4.69) is 10.3 Å². The molecular weight excluding hydrogens is 356 g/mol. The summed E-state index contributed by atoms with van der Waals surface area (Å²) < 4.78 is 16.2. The predicted molar refractivity (Wildman–Crippen MR) is 107 cm³/mol. The molecule has 140 valence electrons. The summed E-state index contributed by atoms with van der Waals surface area (Å²) in [6.07, 6.45) is 0. The monoisotopic (exact) mass is 374 g/mol. The fourth-order valence-corrected chi connectivity index (χ4v) is 2.97. The highest BCUT2D eigenvalue weighted by atomic mass is 16.5. The Balaban J connectivity index is 1.62. The molecule has 1 heterocycles. The Morgan fingerprint density at radius 3 is 2.64 bits per heavy atom. The second-order valence-electron chi connectivity index (χ2n) is 6.09. The van der Waals surface area contributed by atoms with E-state index in [0.29, 0.717) is 22.4 Å². The Bertz CT molecular complexity index is 1150. The first-order valence-electron chi connectivity index (χ1n) is 8.67. The Morgan fingerprint density at radius 1 is 0.964 bits per heavy atom. The highest BCUT2D eigenvalue weighted by Crippen LogP contribution is 2.32. The number of benzene rings is 3. The lowest BCUT2D eigenvalue weighted by atomic mass is 10.0. The van der Waals surface area contributed by atoms with Crippen molar-refractivity contribution in [1.82, 2.24) is 4.98 Å². The van der Waals surface area contributed by atoms with Crippen molar-refractivity contribution in [2.24, 2.45) is 0 Å². The maximum atomic E-state index is 12.4. The van der Waals surface area contributed by atoms with Gasteiger partial charge in [0.2, 0.25) is 0 Å². The van der Waals surface area contributed by atoms with Crippen LogP contribution in [0.4, 0.5) is 6.01 Å². The standard InChI is InChI=1S/C22H18N2O4/c1-26-16-7-5-6-15(12-16)21(25)24-22-23-18-13-14(10-11-20(18)28-22)17-8-3-4-9-19(17)27-2/h3-13H,1-2H3,(H,23,24,25). The molecule has 0 unspecified atom stereocenters. The fourth-order valence-electron chi connectivity index (χ4n) is 2.97. The number of oxazole rings is 1. The van der Waals surface area contributed by atoms with Crippen LogP contribution in [-0.2, 0) is 0 Å². The van der Waals surface area contributed by atoms with E-state index in [1.54, 1.807) is 38.5 Å². The molecule has 3 aromatic carbocycles. The van der Waals surface area contributed by atoms with Crippen molar-refractivity contribution >= 4 is 23.0 Å². The maximum Gasteiger partial charge on any atom is 0.302 e. The van der Waals surface area contributed by atoms with Gasteiger partial charge in [-0.15, -0.1) is 0 Å². The molecule has 4 aromatic rings. The number of fused-ring (bicyclic) bond motifs is 1. The summed E-state index contributed by atoms with van der Waals surface area (Å²) in [6, 6.07) is 20.4. The minimum Gasteiger partial charge on any atom is -0.497 e. The number of amides is 1. The van der Waals surface area contributed by atoms with Gasteiger partial charge in [0.15, 0.2) is 5.58 Å². The summed E-state index contributed by atoms with van der Waals surface area (Å²) in [6.45, 7) is 0. The zero-order chi connectivity index (χ0) is 19.5. The first-order chi connectivity index (χ1) is 13.7. The lowest BCUT2D eigenvalue weighted by Crippen LogP contribution is -2.12. The number of carbonyl (C=O) groups excluding carboxylic acids is 1. The average Bonchev–Trinajstić information content (AvgIpc) is 3.15. The van der Waals surface area contributed by atoms with Crippen LogP contribution in [0.5, 0.6) is 11.5 Å². The van der Waals surface area contributed by atoms with Crippen molar-refractivity contribution in [2.75, 3.05) is 19.5 Å². The number of para-hydroxylation sites is 1. The van der Waals surface area contributed by atoms with Crippen LogP contribution in [-0.4, -0.2) is 25.1 Å². The SMILES string of the molecule is COc1cccc(C(=O)Nc2nc3cc(-c4ccccc4OC)ccc3o2)c1. The molecule has 0 radical (unpaired) electrons. The van der Waals surface area contributed by atoms with Crippen LogP contribution in [0, 0.1) is 0 Å². The van der Waals surface area contributed by atoms with Crippen LogP contribution in [0.1, 0.15) is 10.4 Å². The summed E-state index contributed by atoms with van der Waals surface area (Å²) in [7, 11) is 3.19. The quantitative estimate of drug-likeness (QED) is 0.545. The first kappa shape index (κ1) is 17.6. The second-order valence-corrected chi connectivity index (χ2v) is 6.09. The van der Waals surface area contributed by atoms with Gasteiger partial charge in [-0.2, -0.15) is 4.98 Å². The lowest BCUT2D eigenvalue weighted by Gasteiger charge is -2.07. The van der Waals surface area contributed by atoms with Gasteiger partial charge in [-0.3, -0.25) is 10.1 Å². The number of hydrogen-bond acceptors (Lipinski definition) is 5. The van der Waals surface area contributed by atoms with Crippen LogP contribution in [0.2, 0.25) is 0 Å². The third-order valence-electron chi connectivity index (χ3n) is 4.36. The molecular formula is C22H18N2O4. The van der Waals surface area contributed by atoms with Gasteiger partial charge in [0, 0.05) is 11.1 Å². The van der Waals surface area contributed by atoms with Gasteiger partial charge in [0.05, 0.1) is 14.2 Å². The molecule has 1 aromatic heterocycles. The van der Waals surface area contributed by atoms with Crippen LogP contribution < -0.4 is 14.8 Å². The Morgan fingerprint density at radius 2 is 1.82 bits per heavy atom. The Labute approximate surface area is 161 Å². The van der Waals surface area contributed by atoms with Gasteiger partial charge in [0.1, 0.15) is 17.0 Å². The number of nitrogens with zero attached hydrogens (tertiary/aromatic N) is 1. The number of nitrogens with one attached hydrogen (secondary N) is 1. The van der Waals surface area contributed by atoms with Crippen molar-refractivity contribution in [2.45, 2.75) is 0 Å². The number of methoxy groups -OCH3 is 2. The summed E-state index contributed by atoms with van der Waals surface area (Å²) >= 11 is 0. The second kappa shape index (κ2) is 7.44. The van der Waals surface area contributed by atoms with E-state index in [1.807, 2.05) is 42.5 Å². The number of aromatic nitrogens is 1. The van der Waals surface area contributed by atoms with E-state index < -0.39 is 0 Å². The van der Waals surface area contributed by atoms with E-state index in [9.17, 15) is 4.79 Å². The third kappa shape index (κ3) is 3.40. The number of hydrogen-bond donors (Lipinski definition) is 1. The van der Waals surface area contributed by atoms with E-state index in [-0.39, 0.29) is 11.9 Å². The minimum absolute atomic E-state index is 0.139. The molecule has 4 rings (SSSR count). The number of rotatable bonds is 5.